The Balaban J connectivity index is 2.17. The first kappa shape index (κ1) is 18.3. The van der Waals surface area contributed by atoms with Crippen molar-refractivity contribution in [2.45, 2.75) is 6.42 Å². The number of thioether (sulfide) groups is 1. The van der Waals surface area contributed by atoms with Crippen molar-refractivity contribution in [1.29, 1.82) is 0 Å². The van der Waals surface area contributed by atoms with Crippen molar-refractivity contribution in [3.05, 3.63) is 40.8 Å². The molecule has 2 aromatic heterocycles. The van der Waals surface area contributed by atoms with Gasteiger partial charge in [0.25, 0.3) is 0 Å². The maximum absolute atomic E-state index is 11.3. The zero-order valence-electron chi connectivity index (χ0n) is 14.2. The number of rotatable bonds is 7. The molecule has 3 aromatic rings. The van der Waals surface area contributed by atoms with Gasteiger partial charge in [0.2, 0.25) is 0 Å². The summed E-state index contributed by atoms with van der Waals surface area (Å²) < 4.78 is 6.53. The predicted molar refractivity (Wildman–Crippen MR) is 109 cm³/mol. The first-order chi connectivity index (χ1) is 12.5. The largest absolute Gasteiger partial charge is 0.493 e. The predicted octanol–water partition coefficient (Wildman–Crippen LogP) is 4.30. The molecule has 0 unspecified atom stereocenters. The van der Waals surface area contributed by atoms with Crippen molar-refractivity contribution < 1.29 is 14.6 Å². The van der Waals surface area contributed by atoms with E-state index >= 15 is 0 Å². The standard InChI is InChI=1S/C18H19N3O3S2/c1-26-7-3-6-24-13-9-10-8-12(18(22)23)21-16(10)15(19)14(13)11-4-2-5-20-17(11)25/h2,4-5,8-9,21H,3,6-7,19H2,1H3,(H,20,25)(H,22,23). The molecule has 6 nitrogen and oxygen atoms in total. The number of H-pyrrole nitrogens is 2. The summed E-state index contributed by atoms with van der Waals surface area (Å²) >= 11 is 7.16. The first-order valence-electron chi connectivity index (χ1n) is 8.01. The molecule has 136 valence electrons. The number of anilines is 1. The Morgan fingerprint density at radius 3 is 2.92 bits per heavy atom. The van der Waals surface area contributed by atoms with Crippen LogP contribution in [-0.2, 0) is 0 Å². The SMILES string of the molecule is CSCCCOc1cc2cc(C(=O)O)[nH]c2c(N)c1-c1ccc[nH]c1=S. The Morgan fingerprint density at radius 2 is 2.23 bits per heavy atom. The third-order valence-electron chi connectivity index (χ3n) is 3.99. The van der Waals surface area contributed by atoms with Crippen LogP contribution in [0.3, 0.4) is 0 Å². The maximum Gasteiger partial charge on any atom is 0.352 e. The number of aromatic nitrogens is 2. The zero-order chi connectivity index (χ0) is 18.7. The Labute approximate surface area is 159 Å². The van der Waals surface area contributed by atoms with Crippen LogP contribution in [0.2, 0.25) is 0 Å². The van der Waals surface area contributed by atoms with Gasteiger partial charge in [0, 0.05) is 17.1 Å². The number of pyridine rings is 1. The van der Waals surface area contributed by atoms with Crippen molar-refractivity contribution in [2.75, 3.05) is 24.3 Å². The maximum atomic E-state index is 11.3. The molecular weight excluding hydrogens is 370 g/mol. The molecule has 0 spiro atoms. The quantitative estimate of drug-likeness (QED) is 0.273. The summed E-state index contributed by atoms with van der Waals surface area (Å²) in [6.07, 6.45) is 4.69. The van der Waals surface area contributed by atoms with Gasteiger partial charge in [-0.15, -0.1) is 0 Å². The molecule has 0 saturated heterocycles. The summed E-state index contributed by atoms with van der Waals surface area (Å²) in [4.78, 5) is 17.2. The van der Waals surface area contributed by atoms with Crippen molar-refractivity contribution in [3.63, 3.8) is 0 Å². The fraction of sp³-hybridized carbons (Fsp3) is 0.222. The molecule has 0 aliphatic carbocycles. The highest BCUT2D eigenvalue weighted by molar-refractivity contribution is 7.98. The minimum Gasteiger partial charge on any atom is -0.493 e. The van der Waals surface area contributed by atoms with E-state index in [0.717, 1.165) is 17.7 Å². The van der Waals surface area contributed by atoms with Gasteiger partial charge in [0.05, 0.1) is 23.4 Å². The van der Waals surface area contributed by atoms with Gasteiger partial charge in [-0.1, -0.05) is 12.2 Å². The van der Waals surface area contributed by atoms with Gasteiger partial charge < -0.3 is 25.5 Å². The van der Waals surface area contributed by atoms with Crippen LogP contribution in [0.25, 0.3) is 22.0 Å². The van der Waals surface area contributed by atoms with Crippen molar-refractivity contribution in [2.24, 2.45) is 0 Å². The highest BCUT2D eigenvalue weighted by atomic mass is 32.2. The van der Waals surface area contributed by atoms with E-state index in [1.165, 1.54) is 0 Å². The molecule has 0 atom stereocenters. The van der Waals surface area contributed by atoms with E-state index in [9.17, 15) is 9.90 Å². The van der Waals surface area contributed by atoms with E-state index in [1.807, 2.05) is 24.5 Å². The molecule has 5 N–H and O–H groups in total. The number of ether oxygens (including phenoxy) is 1. The molecule has 0 fully saturated rings. The van der Waals surface area contributed by atoms with E-state index in [1.54, 1.807) is 24.0 Å². The van der Waals surface area contributed by atoms with Gasteiger partial charge in [-0.25, -0.2) is 4.79 Å². The van der Waals surface area contributed by atoms with Crippen LogP contribution in [0.1, 0.15) is 16.9 Å². The summed E-state index contributed by atoms with van der Waals surface area (Å²) in [6.45, 7) is 0.540. The van der Waals surface area contributed by atoms with Crippen LogP contribution in [-0.4, -0.2) is 39.7 Å². The van der Waals surface area contributed by atoms with Crippen LogP contribution < -0.4 is 10.5 Å². The molecular formula is C18H19N3O3S2. The summed E-state index contributed by atoms with van der Waals surface area (Å²) in [6, 6.07) is 7.07. The minimum atomic E-state index is -1.04. The number of benzene rings is 1. The van der Waals surface area contributed by atoms with Crippen LogP contribution in [0, 0.1) is 4.64 Å². The highest BCUT2D eigenvalue weighted by Gasteiger charge is 2.19. The fourth-order valence-electron chi connectivity index (χ4n) is 2.79. The topological polar surface area (TPSA) is 104 Å². The van der Waals surface area contributed by atoms with Gasteiger partial charge in [-0.3, -0.25) is 0 Å². The van der Waals surface area contributed by atoms with E-state index in [4.69, 9.17) is 22.7 Å². The van der Waals surface area contributed by atoms with Gasteiger partial charge in [-0.05, 0) is 42.7 Å². The number of nitrogens with one attached hydrogen (secondary N) is 2. The van der Waals surface area contributed by atoms with E-state index in [2.05, 4.69) is 9.97 Å². The lowest BCUT2D eigenvalue weighted by Crippen LogP contribution is -2.03. The zero-order valence-corrected chi connectivity index (χ0v) is 15.8. The van der Waals surface area contributed by atoms with Gasteiger partial charge in [0.1, 0.15) is 16.1 Å². The van der Waals surface area contributed by atoms with Crippen LogP contribution in [0.5, 0.6) is 5.75 Å². The normalized spacial score (nSPS) is 11.0. The molecule has 26 heavy (non-hydrogen) atoms. The van der Waals surface area contributed by atoms with Gasteiger partial charge >= 0.3 is 5.97 Å². The second-order valence-electron chi connectivity index (χ2n) is 5.72. The Bertz CT molecular complexity index is 1010. The first-order valence-corrected chi connectivity index (χ1v) is 9.81. The Morgan fingerprint density at radius 1 is 1.42 bits per heavy atom. The lowest BCUT2D eigenvalue weighted by Gasteiger charge is -2.15. The average Bonchev–Trinajstić information content (AvgIpc) is 3.05. The van der Waals surface area contributed by atoms with E-state index < -0.39 is 5.97 Å². The number of carbonyl (C=O) groups is 1. The number of fused-ring (bicyclic) bond motifs is 1. The van der Waals surface area contributed by atoms with Crippen LogP contribution >= 0.6 is 24.0 Å². The van der Waals surface area contributed by atoms with E-state index in [-0.39, 0.29) is 5.69 Å². The molecule has 1 aromatic carbocycles. The van der Waals surface area contributed by atoms with Crippen molar-refractivity contribution in [3.8, 4) is 16.9 Å². The molecule has 0 bridgehead atoms. The van der Waals surface area contributed by atoms with Crippen molar-refractivity contribution >= 4 is 46.5 Å². The third kappa shape index (κ3) is 3.56. The number of aromatic carboxylic acids is 1. The minimum absolute atomic E-state index is 0.0791. The Kier molecular flexibility index (Phi) is 5.53. The van der Waals surface area contributed by atoms with Crippen LogP contribution in [0.4, 0.5) is 5.69 Å². The molecule has 3 rings (SSSR count). The molecule has 0 amide bonds. The molecule has 0 aliphatic heterocycles. The number of aromatic amines is 2. The molecule has 0 saturated carbocycles. The fourth-order valence-corrected chi connectivity index (χ4v) is 3.43. The van der Waals surface area contributed by atoms with Crippen LogP contribution in [0.15, 0.2) is 30.5 Å². The lowest BCUT2D eigenvalue weighted by atomic mass is 10.0. The molecule has 2 heterocycles. The summed E-state index contributed by atoms with van der Waals surface area (Å²) in [7, 11) is 0. The van der Waals surface area contributed by atoms with Gasteiger partial charge in [-0.2, -0.15) is 11.8 Å². The number of nitrogen functional groups attached to an aromatic ring is 1. The van der Waals surface area contributed by atoms with Crippen molar-refractivity contribution in [1.82, 2.24) is 9.97 Å². The van der Waals surface area contributed by atoms with Gasteiger partial charge in [0.15, 0.2) is 0 Å². The second kappa shape index (κ2) is 7.84. The summed E-state index contributed by atoms with van der Waals surface area (Å²) in [5.41, 5.74) is 8.87. The molecule has 0 aliphatic rings. The molecule has 0 radical (unpaired) electrons. The average molecular weight is 390 g/mol. The number of hydrogen-bond donors (Lipinski definition) is 4. The monoisotopic (exact) mass is 389 g/mol. The summed E-state index contributed by atoms with van der Waals surface area (Å²) in [5, 5.41) is 9.94. The van der Waals surface area contributed by atoms with E-state index in [0.29, 0.717) is 39.2 Å². The molecule has 8 heteroatoms. The third-order valence-corrected chi connectivity index (χ3v) is 5.02. The number of hydrogen-bond acceptors (Lipinski definition) is 5. The number of carboxylic acid groups (broad SMARTS) is 1. The summed E-state index contributed by atoms with van der Waals surface area (Å²) in [5.74, 6) is 0.547. The number of nitrogens with two attached hydrogens (primary N) is 1. The smallest absolute Gasteiger partial charge is 0.352 e. The Hall–Kier alpha value is -2.45. The highest BCUT2D eigenvalue weighted by Crippen LogP contribution is 2.41. The lowest BCUT2D eigenvalue weighted by molar-refractivity contribution is 0.0691. The second-order valence-corrected chi connectivity index (χ2v) is 7.12. The number of carboxylic acids is 1.